The van der Waals surface area contributed by atoms with Crippen LogP contribution in [0.1, 0.15) is 24.0 Å². The Kier molecular flexibility index (Phi) is 6.68. The van der Waals surface area contributed by atoms with E-state index in [0.717, 1.165) is 19.0 Å². The quantitative estimate of drug-likeness (QED) is 0.848. The van der Waals surface area contributed by atoms with Gasteiger partial charge >= 0.3 is 0 Å². The molecule has 118 valence electrons. The number of nitrogens with one attached hydrogen (secondary N) is 1. The first-order chi connectivity index (χ1) is 10.1. The normalized spacial score (nSPS) is 17.6. The number of benzene rings is 1. The molecule has 1 N–H and O–H groups in total. The zero-order valence-electron chi connectivity index (χ0n) is 13.5. The summed E-state index contributed by atoms with van der Waals surface area (Å²) >= 11 is 3.72. The number of likely N-dealkylation sites (tertiary alicyclic amines) is 1. The lowest BCUT2D eigenvalue weighted by atomic mass is 9.96. The Morgan fingerprint density at radius 3 is 2.67 bits per heavy atom. The lowest BCUT2D eigenvalue weighted by Gasteiger charge is -2.31. The molecule has 1 aliphatic heterocycles. The van der Waals surface area contributed by atoms with E-state index in [9.17, 15) is 0 Å². The molecule has 0 amide bonds. The summed E-state index contributed by atoms with van der Waals surface area (Å²) in [5.41, 5.74) is 2.70. The van der Waals surface area contributed by atoms with E-state index < -0.39 is 0 Å². The van der Waals surface area contributed by atoms with Gasteiger partial charge in [-0.15, -0.1) is 0 Å². The molecule has 0 unspecified atom stereocenters. The van der Waals surface area contributed by atoms with Crippen molar-refractivity contribution in [3.63, 3.8) is 0 Å². The van der Waals surface area contributed by atoms with Crippen molar-refractivity contribution in [1.82, 2.24) is 15.1 Å². The van der Waals surface area contributed by atoms with Gasteiger partial charge in [0.15, 0.2) is 0 Å². The van der Waals surface area contributed by atoms with E-state index in [2.05, 4.69) is 63.3 Å². The van der Waals surface area contributed by atoms with E-state index in [0.29, 0.717) is 0 Å². The van der Waals surface area contributed by atoms with E-state index in [-0.39, 0.29) is 0 Å². The Labute approximate surface area is 137 Å². The minimum absolute atomic E-state index is 0.855. The second-order valence-corrected chi connectivity index (χ2v) is 7.25. The van der Waals surface area contributed by atoms with Gasteiger partial charge in [0.25, 0.3) is 0 Å². The van der Waals surface area contributed by atoms with Gasteiger partial charge in [-0.3, -0.25) is 0 Å². The van der Waals surface area contributed by atoms with Crippen LogP contribution in [-0.2, 0) is 13.1 Å². The Hall–Kier alpha value is -0.420. The van der Waals surface area contributed by atoms with Crippen LogP contribution in [0.4, 0.5) is 0 Å². The van der Waals surface area contributed by atoms with Crippen LogP contribution in [-0.4, -0.2) is 50.6 Å². The molecule has 1 aliphatic rings. The molecule has 0 aliphatic carbocycles. The van der Waals surface area contributed by atoms with Crippen molar-refractivity contribution in [2.45, 2.75) is 25.9 Å². The van der Waals surface area contributed by atoms with Crippen molar-refractivity contribution < 1.29 is 0 Å². The number of nitrogens with zero attached hydrogens (tertiary/aromatic N) is 2. The highest BCUT2D eigenvalue weighted by Crippen LogP contribution is 2.22. The maximum absolute atomic E-state index is 3.72. The van der Waals surface area contributed by atoms with Crippen molar-refractivity contribution in [3.05, 3.63) is 33.8 Å². The van der Waals surface area contributed by atoms with Crippen molar-refractivity contribution in [2.75, 3.05) is 40.8 Å². The third-order valence-electron chi connectivity index (χ3n) is 4.35. The van der Waals surface area contributed by atoms with Crippen molar-refractivity contribution in [2.24, 2.45) is 5.92 Å². The second kappa shape index (κ2) is 8.28. The van der Waals surface area contributed by atoms with Crippen molar-refractivity contribution in [1.29, 1.82) is 0 Å². The highest BCUT2D eigenvalue weighted by Gasteiger charge is 2.18. The van der Waals surface area contributed by atoms with Gasteiger partial charge in [0.2, 0.25) is 0 Å². The average molecular weight is 354 g/mol. The summed E-state index contributed by atoms with van der Waals surface area (Å²) in [4.78, 5) is 4.90. The molecule has 2 rings (SSSR count). The molecule has 1 heterocycles. The van der Waals surface area contributed by atoms with Crippen LogP contribution in [0.3, 0.4) is 0 Å². The Balaban J connectivity index is 1.86. The van der Waals surface area contributed by atoms with Crippen LogP contribution in [0, 0.1) is 5.92 Å². The van der Waals surface area contributed by atoms with Crippen LogP contribution in [0.25, 0.3) is 0 Å². The fourth-order valence-corrected chi connectivity index (χ4v) is 3.63. The molecule has 0 atom stereocenters. The number of halogens is 1. The third-order valence-corrected chi connectivity index (χ3v) is 5.08. The number of rotatable bonds is 6. The summed E-state index contributed by atoms with van der Waals surface area (Å²) in [6, 6.07) is 6.71. The smallest absolute Gasteiger partial charge is 0.0242 e. The van der Waals surface area contributed by atoms with Crippen LogP contribution in [0.15, 0.2) is 22.7 Å². The lowest BCUT2D eigenvalue weighted by molar-refractivity contribution is 0.173. The van der Waals surface area contributed by atoms with Gasteiger partial charge < -0.3 is 15.1 Å². The monoisotopic (exact) mass is 353 g/mol. The maximum atomic E-state index is 3.72. The van der Waals surface area contributed by atoms with Crippen LogP contribution in [0.2, 0.25) is 0 Å². The largest absolute Gasteiger partial charge is 0.316 e. The van der Waals surface area contributed by atoms with Crippen LogP contribution >= 0.6 is 15.9 Å². The summed E-state index contributed by atoms with van der Waals surface area (Å²) in [7, 11) is 6.45. The SMILES string of the molecule is CNCc1ccc(CN(C)CC2CCN(C)CC2)c(Br)c1. The summed E-state index contributed by atoms with van der Waals surface area (Å²) < 4.78 is 1.23. The standard InChI is InChI=1S/C17H28BrN3/c1-19-11-15-4-5-16(17(18)10-15)13-21(3)12-14-6-8-20(2)9-7-14/h4-5,10,14,19H,6-9,11-13H2,1-3H3. The molecule has 1 fully saturated rings. The topological polar surface area (TPSA) is 18.5 Å². The van der Waals surface area contributed by atoms with Gasteiger partial charge in [-0.1, -0.05) is 28.1 Å². The van der Waals surface area contributed by atoms with E-state index in [4.69, 9.17) is 0 Å². The number of piperidine rings is 1. The maximum Gasteiger partial charge on any atom is 0.0242 e. The van der Waals surface area contributed by atoms with Gasteiger partial charge in [-0.25, -0.2) is 0 Å². The van der Waals surface area contributed by atoms with E-state index >= 15 is 0 Å². The lowest BCUT2D eigenvalue weighted by Crippen LogP contribution is -2.35. The molecule has 0 saturated carbocycles. The molecular formula is C17H28BrN3. The summed E-state index contributed by atoms with van der Waals surface area (Å²) in [6.45, 7) is 5.65. The summed E-state index contributed by atoms with van der Waals surface area (Å²) in [5, 5.41) is 3.19. The molecule has 0 bridgehead atoms. The fourth-order valence-electron chi connectivity index (χ4n) is 3.07. The average Bonchev–Trinajstić information content (AvgIpc) is 2.45. The first kappa shape index (κ1) is 16.9. The van der Waals surface area contributed by atoms with Gasteiger partial charge in [0.1, 0.15) is 0 Å². The zero-order valence-corrected chi connectivity index (χ0v) is 15.1. The molecule has 0 aromatic heterocycles. The van der Waals surface area contributed by atoms with Gasteiger partial charge in [0.05, 0.1) is 0 Å². The predicted octanol–water partition coefficient (Wildman–Crippen LogP) is 2.94. The highest BCUT2D eigenvalue weighted by atomic mass is 79.9. The van der Waals surface area contributed by atoms with E-state index in [1.54, 1.807) is 0 Å². The van der Waals surface area contributed by atoms with Crippen LogP contribution < -0.4 is 5.32 Å². The first-order valence-electron chi connectivity index (χ1n) is 7.87. The van der Waals surface area contributed by atoms with Gasteiger partial charge in [-0.05, 0) is 70.2 Å². The molecule has 1 aromatic rings. The third kappa shape index (κ3) is 5.37. The number of hydrogen-bond acceptors (Lipinski definition) is 3. The first-order valence-corrected chi connectivity index (χ1v) is 8.66. The molecule has 0 radical (unpaired) electrons. The molecular weight excluding hydrogens is 326 g/mol. The fraction of sp³-hybridized carbons (Fsp3) is 0.647. The minimum Gasteiger partial charge on any atom is -0.316 e. The van der Waals surface area contributed by atoms with E-state index in [1.165, 1.54) is 48.1 Å². The molecule has 1 aromatic carbocycles. The molecule has 1 saturated heterocycles. The Morgan fingerprint density at radius 1 is 1.33 bits per heavy atom. The summed E-state index contributed by atoms with van der Waals surface area (Å²) in [5.74, 6) is 0.855. The Bertz CT molecular complexity index is 442. The summed E-state index contributed by atoms with van der Waals surface area (Å²) in [6.07, 6.45) is 2.67. The molecule has 4 heteroatoms. The molecule has 21 heavy (non-hydrogen) atoms. The second-order valence-electron chi connectivity index (χ2n) is 6.40. The van der Waals surface area contributed by atoms with Gasteiger partial charge in [0, 0.05) is 24.1 Å². The van der Waals surface area contributed by atoms with Crippen molar-refractivity contribution in [3.8, 4) is 0 Å². The Morgan fingerprint density at radius 2 is 2.05 bits per heavy atom. The minimum atomic E-state index is 0.855. The van der Waals surface area contributed by atoms with Gasteiger partial charge in [-0.2, -0.15) is 0 Å². The van der Waals surface area contributed by atoms with Crippen LogP contribution in [0.5, 0.6) is 0 Å². The predicted molar refractivity (Wildman–Crippen MR) is 93.5 cm³/mol. The number of hydrogen-bond donors (Lipinski definition) is 1. The highest BCUT2D eigenvalue weighted by molar-refractivity contribution is 9.10. The molecule has 0 spiro atoms. The van der Waals surface area contributed by atoms with E-state index in [1.807, 2.05) is 7.05 Å². The molecule has 3 nitrogen and oxygen atoms in total. The zero-order chi connectivity index (χ0) is 15.2. The van der Waals surface area contributed by atoms with Crippen molar-refractivity contribution >= 4 is 15.9 Å².